The molecule has 3 rings (SSSR count). The van der Waals surface area contributed by atoms with Crippen LogP contribution in [0.2, 0.25) is 5.02 Å². The minimum atomic E-state index is -0.602. The summed E-state index contributed by atoms with van der Waals surface area (Å²) < 4.78 is 10.7. The van der Waals surface area contributed by atoms with Gasteiger partial charge in [0.2, 0.25) is 12.7 Å². The number of rotatable bonds is 8. The maximum Gasteiger partial charge on any atom is 0.251 e. The van der Waals surface area contributed by atoms with Crippen molar-refractivity contribution in [1.82, 2.24) is 10.6 Å². The fourth-order valence-electron chi connectivity index (χ4n) is 3.10. The SMILES string of the molecule is CC(C)CC(NC(=O)c1ccc(Cl)cc1)C(=O)NCCc1ccc2c(c1)OCO2. The van der Waals surface area contributed by atoms with E-state index in [9.17, 15) is 9.59 Å². The molecule has 2 aromatic carbocycles. The Bertz CT molecular complexity index is 868. The van der Waals surface area contributed by atoms with Crippen LogP contribution in [0.4, 0.5) is 0 Å². The van der Waals surface area contributed by atoms with Crippen LogP contribution in [0, 0.1) is 5.92 Å². The highest BCUT2D eigenvalue weighted by Gasteiger charge is 2.22. The van der Waals surface area contributed by atoms with Crippen molar-refractivity contribution in [1.29, 1.82) is 0 Å². The van der Waals surface area contributed by atoms with Crippen molar-refractivity contribution in [3.8, 4) is 11.5 Å². The number of carbonyl (C=O) groups excluding carboxylic acids is 2. The van der Waals surface area contributed by atoms with Gasteiger partial charge < -0.3 is 20.1 Å². The van der Waals surface area contributed by atoms with Crippen molar-refractivity contribution in [2.75, 3.05) is 13.3 Å². The van der Waals surface area contributed by atoms with Gasteiger partial charge in [0, 0.05) is 17.1 Å². The van der Waals surface area contributed by atoms with Crippen LogP contribution in [-0.4, -0.2) is 31.2 Å². The van der Waals surface area contributed by atoms with Crippen molar-refractivity contribution in [2.24, 2.45) is 5.92 Å². The number of nitrogens with one attached hydrogen (secondary N) is 2. The van der Waals surface area contributed by atoms with E-state index in [-0.39, 0.29) is 24.5 Å². The molecule has 7 heteroatoms. The lowest BCUT2D eigenvalue weighted by Crippen LogP contribution is -2.47. The van der Waals surface area contributed by atoms with Gasteiger partial charge in [-0.25, -0.2) is 0 Å². The predicted molar refractivity (Wildman–Crippen MR) is 111 cm³/mol. The molecule has 1 atom stereocenters. The molecular weight excluding hydrogens is 392 g/mol. The highest BCUT2D eigenvalue weighted by atomic mass is 35.5. The second kappa shape index (κ2) is 9.65. The Kier molecular flexibility index (Phi) is 6.99. The Hall–Kier alpha value is -2.73. The molecule has 0 spiro atoms. The molecule has 154 valence electrons. The molecule has 1 heterocycles. The maximum atomic E-state index is 12.7. The monoisotopic (exact) mass is 416 g/mol. The molecule has 1 aliphatic heterocycles. The van der Waals surface area contributed by atoms with Crippen LogP contribution < -0.4 is 20.1 Å². The lowest BCUT2D eigenvalue weighted by molar-refractivity contribution is -0.123. The van der Waals surface area contributed by atoms with Gasteiger partial charge in [0.25, 0.3) is 5.91 Å². The van der Waals surface area contributed by atoms with Crippen LogP contribution in [0.25, 0.3) is 0 Å². The molecule has 2 aromatic rings. The zero-order chi connectivity index (χ0) is 20.8. The van der Waals surface area contributed by atoms with Gasteiger partial charge in [0.05, 0.1) is 0 Å². The molecule has 0 aromatic heterocycles. The van der Waals surface area contributed by atoms with Crippen molar-refractivity contribution in [2.45, 2.75) is 32.7 Å². The lowest BCUT2D eigenvalue weighted by Gasteiger charge is -2.20. The molecule has 0 saturated heterocycles. The van der Waals surface area contributed by atoms with Gasteiger partial charge in [0.1, 0.15) is 6.04 Å². The minimum absolute atomic E-state index is 0.193. The first-order valence-corrected chi connectivity index (χ1v) is 10.0. The molecule has 0 bridgehead atoms. The topological polar surface area (TPSA) is 76.7 Å². The number of amides is 2. The van der Waals surface area contributed by atoms with Crippen molar-refractivity contribution < 1.29 is 19.1 Å². The quantitative estimate of drug-likeness (QED) is 0.689. The highest BCUT2D eigenvalue weighted by Crippen LogP contribution is 2.32. The summed E-state index contributed by atoms with van der Waals surface area (Å²) in [7, 11) is 0. The van der Waals surface area contributed by atoms with Crippen LogP contribution in [0.15, 0.2) is 42.5 Å². The lowest BCUT2D eigenvalue weighted by atomic mass is 10.0. The fraction of sp³-hybridized carbons (Fsp3) is 0.364. The standard InChI is InChI=1S/C22H25ClN2O4/c1-14(2)11-18(25-21(26)16-4-6-17(23)7-5-16)22(27)24-10-9-15-3-8-19-20(12-15)29-13-28-19/h3-8,12,14,18H,9-11,13H2,1-2H3,(H,24,27)(H,25,26). The van der Waals surface area contributed by atoms with Gasteiger partial charge in [-0.1, -0.05) is 31.5 Å². The minimum Gasteiger partial charge on any atom is -0.454 e. The first-order chi connectivity index (χ1) is 13.9. The Labute approximate surface area is 175 Å². The van der Waals surface area contributed by atoms with E-state index < -0.39 is 6.04 Å². The zero-order valence-corrected chi connectivity index (χ0v) is 17.3. The zero-order valence-electron chi connectivity index (χ0n) is 16.5. The molecule has 29 heavy (non-hydrogen) atoms. The van der Waals surface area contributed by atoms with Gasteiger partial charge >= 0.3 is 0 Å². The third-order valence-electron chi connectivity index (χ3n) is 4.59. The number of carbonyl (C=O) groups is 2. The molecule has 0 saturated carbocycles. The predicted octanol–water partition coefficient (Wildman–Crippen LogP) is 3.57. The number of fused-ring (bicyclic) bond motifs is 1. The molecule has 2 amide bonds. The number of benzene rings is 2. The van der Waals surface area contributed by atoms with Crippen LogP contribution in [0.5, 0.6) is 11.5 Å². The van der Waals surface area contributed by atoms with Gasteiger partial charge in [-0.15, -0.1) is 0 Å². The molecule has 0 radical (unpaired) electrons. The van der Waals surface area contributed by atoms with E-state index in [4.69, 9.17) is 21.1 Å². The van der Waals surface area contributed by atoms with E-state index in [2.05, 4.69) is 10.6 Å². The van der Waals surface area contributed by atoms with E-state index in [1.54, 1.807) is 24.3 Å². The summed E-state index contributed by atoms with van der Waals surface area (Å²) in [4.78, 5) is 25.2. The summed E-state index contributed by atoms with van der Waals surface area (Å²) in [6, 6.07) is 11.7. The van der Waals surface area contributed by atoms with Crippen LogP contribution in [0.1, 0.15) is 36.2 Å². The summed E-state index contributed by atoms with van der Waals surface area (Å²) in [6.45, 7) is 4.73. The number of hydrogen-bond acceptors (Lipinski definition) is 4. The van der Waals surface area contributed by atoms with Crippen LogP contribution >= 0.6 is 11.6 Å². The van der Waals surface area contributed by atoms with Gasteiger partial charge in [-0.2, -0.15) is 0 Å². The Balaban J connectivity index is 1.55. The summed E-state index contributed by atoms with van der Waals surface area (Å²) in [5, 5.41) is 6.32. The third-order valence-corrected chi connectivity index (χ3v) is 4.84. The van der Waals surface area contributed by atoms with E-state index in [0.717, 1.165) is 17.1 Å². The van der Waals surface area contributed by atoms with Crippen molar-refractivity contribution in [3.63, 3.8) is 0 Å². The largest absolute Gasteiger partial charge is 0.454 e. The van der Waals surface area contributed by atoms with E-state index in [1.807, 2.05) is 32.0 Å². The number of halogens is 1. The van der Waals surface area contributed by atoms with Crippen molar-refractivity contribution >= 4 is 23.4 Å². The first kappa shape index (κ1) is 21.0. The summed E-state index contributed by atoms with van der Waals surface area (Å²) >= 11 is 5.87. The van der Waals surface area contributed by atoms with Gasteiger partial charge in [0.15, 0.2) is 11.5 Å². The average molecular weight is 417 g/mol. The van der Waals surface area contributed by atoms with Gasteiger partial charge in [-0.3, -0.25) is 9.59 Å². The molecule has 6 nitrogen and oxygen atoms in total. The molecule has 0 aliphatic carbocycles. The van der Waals surface area contributed by atoms with Crippen LogP contribution in [0.3, 0.4) is 0 Å². The molecule has 0 fully saturated rings. The smallest absolute Gasteiger partial charge is 0.251 e. The van der Waals surface area contributed by atoms with E-state index in [1.165, 1.54) is 0 Å². The van der Waals surface area contributed by atoms with Gasteiger partial charge in [-0.05, 0) is 60.7 Å². The summed E-state index contributed by atoms with van der Waals surface area (Å²) in [6.07, 6.45) is 1.21. The molecule has 1 aliphatic rings. The Morgan fingerprint density at radius 2 is 1.79 bits per heavy atom. The Morgan fingerprint density at radius 3 is 2.52 bits per heavy atom. The fourth-order valence-corrected chi connectivity index (χ4v) is 3.22. The van der Waals surface area contributed by atoms with Crippen molar-refractivity contribution in [3.05, 3.63) is 58.6 Å². The second-order valence-electron chi connectivity index (χ2n) is 7.39. The molecule has 2 N–H and O–H groups in total. The Morgan fingerprint density at radius 1 is 1.07 bits per heavy atom. The molecular formula is C22H25ClN2O4. The average Bonchev–Trinajstić information content (AvgIpc) is 3.15. The van der Waals surface area contributed by atoms with E-state index >= 15 is 0 Å². The first-order valence-electron chi connectivity index (χ1n) is 9.65. The second-order valence-corrected chi connectivity index (χ2v) is 7.83. The number of hydrogen-bond donors (Lipinski definition) is 2. The van der Waals surface area contributed by atoms with Crippen LogP contribution in [-0.2, 0) is 11.2 Å². The summed E-state index contributed by atoms with van der Waals surface area (Å²) in [5.74, 6) is 1.23. The van der Waals surface area contributed by atoms with E-state index in [0.29, 0.717) is 30.0 Å². The normalized spacial score (nSPS) is 13.2. The third kappa shape index (κ3) is 5.87. The highest BCUT2D eigenvalue weighted by molar-refractivity contribution is 6.30. The summed E-state index contributed by atoms with van der Waals surface area (Å²) in [5.41, 5.74) is 1.51. The molecule has 1 unspecified atom stereocenters. The maximum absolute atomic E-state index is 12.7. The number of ether oxygens (including phenoxy) is 2.